The third kappa shape index (κ3) is 3.67. The van der Waals surface area contributed by atoms with E-state index >= 15 is 0 Å². The summed E-state index contributed by atoms with van der Waals surface area (Å²) in [5.41, 5.74) is 2.10. The molecular formula is C22H26ClN3O3. The second-order valence-electron chi connectivity index (χ2n) is 8.09. The first kappa shape index (κ1) is 20.0. The summed E-state index contributed by atoms with van der Waals surface area (Å²) in [6, 6.07) is 12.9. The van der Waals surface area contributed by atoms with Gasteiger partial charge in [0.25, 0.3) is 5.56 Å². The number of aryl methyl sites for hydroxylation is 1. The van der Waals surface area contributed by atoms with Gasteiger partial charge in [-0.3, -0.25) is 14.2 Å². The van der Waals surface area contributed by atoms with E-state index in [0.717, 1.165) is 43.8 Å². The maximum Gasteiger partial charge on any atom is 0.251 e. The molecule has 2 aromatic rings. The molecular weight excluding hydrogens is 390 g/mol. The Bertz CT molecular complexity index is 960. The number of ether oxygens (including phenoxy) is 1. The van der Waals surface area contributed by atoms with Crippen molar-refractivity contribution < 1.29 is 9.53 Å². The number of carbonyl (C=O) groups excluding carboxylic acids is 1. The zero-order chi connectivity index (χ0) is 19.1. The zero-order valence-electron chi connectivity index (χ0n) is 16.2. The fourth-order valence-corrected chi connectivity index (χ4v) is 4.97. The molecule has 0 saturated carbocycles. The molecule has 4 atom stereocenters. The molecule has 154 valence electrons. The standard InChI is InChI=1S/C22H25N3O3.ClH/c26-20-7-3-5-18-15-10-16(12-23-11-15)21(25(18)20)22(27)24-13-17-9-8-14-4-1-2-6-19(14)28-17;/h1-7,15-17,21,23H,8-13H2,(H,24,27);1H/t15-,16+,17-,21-;/m1./s1. The van der Waals surface area contributed by atoms with Gasteiger partial charge in [-0.1, -0.05) is 24.3 Å². The molecule has 0 spiro atoms. The highest BCUT2D eigenvalue weighted by Crippen LogP contribution is 2.38. The summed E-state index contributed by atoms with van der Waals surface area (Å²) < 4.78 is 7.78. The Morgan fingerprint density at radius 3 is 2.93 bits per heavy atom. The van der Waals surface area contributed by atoms with Crippen LogP contribution in [0.2, 0.25) is 0 Å². The van der Waals surface area contributed by atoms with Crippen molar-refractivity contribution in [1.29, 1.82) is 0 Å². The minimum absolute atomic E-state index is 0. The number of para-hydroxylation sites is 1. The largest absolute Gasteiger partial charge is 0.488 e. The zero-order valence-corrected chi connectivity index (χ0v) is 17.0. The van der Waals surface area contributed by atoms with Crippen LogP contribution in [0.5, 0.6) is 5.75 Å². The minimum Gasteiger partial charge on any atom is -0.488 e. The van der Waals surface area contributed by atoms with Crippen LogP contribution in [0.25, 0.3) is 0 Å². The lowest BCUT2D eigenvalue weighted by Gasteiger charge is -2.42. The molecule has 1 aromatic carbocycles. The quantitative estimate of drug-likeness (QED) is 0.804. The Morgan fingerprint density at radius 1 is 1.17 bits per heavy atom. The lowest BCUT2D eigenvalue weighted by Crippen LogP contribution is -2.53. The Kier molecular flexibility index (Phi) is 5.65. The monoisotopic (exact) mass is 415 g/mol. The number of hydrogen-bond donors (Lipinski definition) is 2. The fourth-order valence-electron chi connectivity index (χ4n) is 4.97. The van der Waals surface area contributed by atoms with Crippen molar-refractivity contribution in [1.82, 2.24) is 15.2 Å². The summed E-state index contributed by atoms with van der Waals surface area (Å²) >= 11 is 0. The van der Waals surface area contributed by atoms with E-state index in [1.54, 1.807) is 16.7 Å². The van der Waals surface area contributed by atoms with Crippen LogP contribution in [-0.2, 0) is 11.2 Å². The predicted octanol–water partition coefficient (Wildman–Crippen LogP) is 2.03. The summed E-state index contributed by atoms with van der Waals surface area (Å²) in [6.45, 7) is 2.09. The summed E-state index contributed by atoms with van der Waals surface area (Å²) in [4.78, 5) is 25.7. The van der Waals surface area contributed by atoms with Gasteiger partial charge in [0.1, 0.15) is 17.9 Å². The van der Waals surface area contributed by atoms with Gasteiger partial charge in [-0.25, -0.2) is 0 Å². The van der Waals surface area contributed by atoms with Crippen LogP contribution in [0, 0.1) is 5.92 Å². The molecule has 1 fully saturated rings. The molecule has 7 heteroatoms. The molecule has 0 unspecified atom stereocenters. The molecule has 0 radical (unpaired) electrons. The van der Waals surface area contributed by atoms with Gasteiger partial charge < -0.3 is 15.4 Å². The Morgan fingerprint density at radius 2 is 2.03 bits per heavy atom. The number of amides is 1. The number of nitrogens with zero attached hydrogens (tertiary/aromatic N) is 1. The van der Waals surface area contributed by atoms with E-state index in [1.807, 2.05) is 24.3 Å². The Hall–Kier alpha value is -2.31. The van der Waals surface area contributed by atoms with Crippen LogP contribution in [0.1, 0.15) is 36.1 Å². The number of hydrogen-bond acceptors (Lipinski definition) is 4. The minimum atomic E-state index is -0.455. The summed E-state index contributed by atoms with van der Waals surface area (Å²) in [7, 11) is 0. The Balaban J connectivity index is 0.00000205. The SMILES string of the molecule is Cl.O=C(NC[C@H]1CCc2ccccc2O1)[C@H]1[C@@H]2CNC[C@@H](C2)c2cccc(=O)n21. The van der Waals surface area contributed by atoms with E-state index in [0.29, 0.717) is 12.5 Å². The average Bonchev–Trinajstić information content (AvgIpc) is 2.73. The van der Waals surface area contributed by atoms with Crippen molar-refractivity contribution in [2.45, 2.75) is 37.3 Å². The molecule has 0 aliphatic carbocycles. The highest BCUT2D eigenvalue weighted by atomic mass is 35.5. The summed E-state index contributed by atoms with van der Waals surface area (Å²) in [5.74, 6) is 1.27. The molecule has 1 amide bonds. The second kappa shape index (κ2) is 8.20. The lowest BCUT2D eigenvalue weighted by atomic mass is 9.79. The number of benzene rings is 1. The molecule has 6 nitrogen and oxygen atoms in total. The number of carbonyl (C=O) groups is 1. The van der Waals surface area contributed by atoms with Crippen LogP contribution in [0.3, 0.4) is 0 Å². The molecule has 3 aliphatic heterocycles. The van der Waals surface area contributed by atoms with Gasteiger partial charge in [-0.15, -0.1) is 12.4 Å². The topological polar surface area (TPSA) is 72.4 Å². The van der Waals surface area contributed by atoms with Crippen molar-refractivity contribution in [2.75, 3.05) is 19.6 Å². The number of pyridine rings is 1. The van der Waals surface area contributed by atoms with E-state index in [4.69, 9.17) is 4.74 Å². The van der Waals surface area contributed by atoms with Crippen molar-refractivity contribution in [3.8, 4) is 5.75 Å². The smallest absolute Gasteiger partial charge is 0.251 e. The number of halogens is 1. The molecule has 4 heterocycles. The number of rotatable bonds is 3. The molecule has 2 bridgehead atoms. The number of nitrogens with one attached hydrogen (secondary N) is 2. The van der Waals surface area contributed by atoms with Gasteiger partial charge in [0.15, 0.2) is 0 Å². The molecule has 1 saturated heterocycles. The fraction of sp³-hybridized carbons (Fsp3) is 0.455. The van der Waals surface area contributed by atoms with Crippen LogP contribution in [-0.4, -0.2) is 36.2 Å². The molecule has 3 aliphatic rings. The van der Waals surface area contributed by atoms with Gasteiger partial charge in [0.2, 0.25) is 5.91 Å². The van der Waals surface area contributed by atoms with E-state index in [1.165, 1.54) is 5.56 Å². The van der Waals surface area contributed by atoms with E-state index in [-0.39, 0.29) is 35.9 Å². The second-order valence-corrected chi connectivity index (χ2v) is 8.09. The average molecular weight is 416 g/mol. The van der Waals surface area contributed by atoms with Gasteiger partial charge >= 0.3 is 0 Å². The normalized spacial score (nSPS) is 26.9. The predicted molar refractivity (Wildman–Crippen MR) is 113 cm³/mol. The third-order valence-corrected chi connectivity index (χ3v) is 6.32. The van der Waals surface area contributed by atoms with Crippen LogP contribution in [0.15, 0.2) is 47.3 Å². The van der Waals surface area contributed by atoms with Crippen molar-refractivity contribution >= 4 is 18.3 Å². The maximum atomic E-state index is 13.1. The molecule has 2 N–H and O–H groups in total. The summed E-state index contributed by atoms with van der Waals surface area (Å²) in [5, 5.41) is 6.50. The van der Waals surface area contributed by atoms with Gasteiger partial charge in [0.05, 0.1) is 6.54 Å². The van der Waals surface area contributed by atoms with Crippen LogP contribution >= 0.6 is 12.4 Å². The number of aromatic nitrogens is 1. The first-order chi connectivity index (χ1) is 13.7. The highest BCUT2D eigenvalue weighted by Gasteiger charge is 2.41. The van der Waals surface area contributed by atoms with Crippen LogP contribution < -0.4 is 20.9 Å². The summed E-state index contributed by atoms with van der Waals surface area (Å²) in [6.07, 6.45) is 2.75. The van der Waals surface area contributed by atoms with Gasteiger partial charge in [-0.05, 0) is 37.0 Å². The molecule has 1 aromatic heterocycles. The van der Waals surface area contributed by atoms with Crippen molar-refractivity contribution in [3.63, 3.8) is 0 Å². The van der Waals surface area contributed by atoms with Crippen molar-refractivity contribution in [3.05, 3.63) is 64.1 Å². The maximum absolute atomic E-state index is 13.1. The third-order valence-electron chi connectivity index (χ3n) is 6.32. The number of fused-ring (bicyclic) bond motifs is 5. The molecule has 5 rings (SSSR count). The first-order valence-corrected chi connectivity index (χ1v) is 10.1. The van der Waals surface area contributed by atoms with Crippen LogP contribution in [0.4, 0.5) is 0 Å². The van der Waals surface area contributed by atoms with Gasteiger partial charge in [-0.2, -0.15) is 0 Å². The molecule has 29 heavy (non-hydrogen) atoms. The van der Waals surface area contributed by atoms with E-state index in [2.05, 4.69) is 16.7 Å². The van der Waals surface area contributed by atoms with E-state index < -0.39 is 6.04 Å². The highest BCUT2D eigenvalue weighted by molar-refractivity contribution is 5.85. The van der Waals surface area contributed by atoms with Crippen molar-refractivity contribution in [2.24, 2.45) is 5.92 Å². The Labute approximate surface area is 176 Å². The lowest BCUT2D eigenvalue weighted by molar-refractivity contribution is -0.127. The first-order valence-electron chi connectivity index (χ1n) is 10.1. The number of piperidine rings is 1. The van der Waals surface area contributed by atoms with E-state index in [9.17, 15) is 9.59 Å². The van der Waals surface area contributed by atoms with Gasteiger partial charge in [0, 0.05) is 36.7 Å².